The molecule has 21 heavy (non-hydrogen) atoms. The SMILES string of the molecule is CN(C(=O)Nc1ccc(Br)c(C(=O)O)c1)C1CCNCC1. The van der Waals surface area contributed by atoms with Crippen LogP contribution in [-0.2, 0) is 0 Å². The highest BCUT2D eigenvalue weighted by Crippen LogP contribution is 2.22. The molecule has 0 aliphatic carbocycles. The lowest BCUT2D eigenvalue weighted by Crippen LogP contribution is -2.45. The average molecular weight is 356 g/mol. The third kappa shape index (κ3) is 3.95. The van der Waals surface area contributed by atoms with Gasteiger partial charge in [-0.2, -0.15) is 0 Å². The monoisotopic (exact) mass is 355 g/mol. The number of hydrogen-bond donors (Lipinski definition) is 3. The van der Waals surface area contributed by atoms with E-state index in [0.717, 1.165) is 25.9 Å². The minimum absolute atomic E-state index is 0.123. The van der Waals surface area contributed by atoms with Gasteiger partial charge in [0.2, 0.25) is 0 Å². The molecule has 1 aliphatic rings. The van der Waals surface area contributed by atoms with Gasteiger partial charge in [0.05, 0.1) is 5.56 Å². The van der Waals surface area contributed by atoms with Gasteiger partial charge in [-0.05, 0) is 60.1 Å². The Hall–Kier alpha value is -1.60. The van der Waals surface area contributed by atoms with Crippen molar-refractivity contribution in [3.05, 3.63) is 28.2 Å². The lowest BCUT2D eigenvalue weighted by Gasteiger charge is -2.31. The Balaban J connectivity index is 2.05. The predicted molar refractivity (Wildman–Crippen MR) is 83.8 cm³/mol. The first-order chi connectivity index (χ1) is 9.99. The fraction of sp³-hybridized carbons (Fsp3) is 0.429. The summed E-state index contributed by atoms with van der Waals surface area (Å²) in [7, 11) is 1.77. The first-order valence-corrected chi connectivity index (χ1v) is 7.55. The molecule has 3 N–H and O–H groups in total. The molecule has 7 heteroatoms. The van der Waals surface area contributed by atoms with Crippen LogP contribution in [0.2, 0.25) is 0 Å². The molecule has 1 fully saturated rings. The Labute approximate surface area is 131 Å². The van der Waals surface area contributed by atoms with Crippen LogP contribution in [0, 0.1) is 0 Å². The minimum atomic E-state index is -1.04. The predicted octanol–water partition coefficient (Wildman–Crippen LogP) is 2.36. The number of carbonyl (C=O) groups excluding carboxylic acids is 1. The molecule has 6 nitrogen and oxygen atoms in total. The molecule has 1 aromatic carbocycles. The van der Waals surface area contributed by atoms with Crippen LogP contribution in [0.1, 0.15) is 23.2 Å². The third-order valence-electron chi connectivity index (χ3n) is 3.62. The number of nitrogens with one attached hydrogen (secondary N) is 2. The van der Waals surface area contributed by atoms with Crippen LogP contribution in [0.25, 0.3) is 0 Å². The van der Waals surface area contributed by atoms with Crippen molar-refractivity contribution < 1.29 is 14.7 Å². The van der Waals surface area contributed by atoms with E-state index in [2.05, 4.69) is 26.6 Å². The maximum absolute atomic E-state index is 12.2. The van der Waals surface area contributed by atoms with E-state index in [9.17, 15) is 9.59 Å². The molecule has 2 amide bonds. The van der Waals surface area contributed by atoms with Crippen LogP contribution >= 0.6 is 15.9 Å². The summed E-state index contributed by atoms with van der Waals surface area (Å²) in [5, 5.41) is 15.1. The number of benzene rings is 1. The van der Waals surface area contributed by atoms with Crippen molar-refractivity contribution in [3.8, 4) is 0 Å². The summed E-state index contributed by atoms with van der Waals surface area (Å²) in [4.78, 5) is 25.0. The molecular formula is C14H18BrN3O3. The van der Waals surface area contributed by atoms with Crippen molar-refractivity contribution >= 4 is 33.6 Å². The number of carboxylic acids is 1. The van der Waals surface area contributed by atoms with Crippen molar-refractivity contribution in [2.75, 3.05) is 25.5 Å². The second kappa shape index (κ2) is 6.91. The largest absolute Gasteiger partial charge is 0.478 e. The number of anilines is 1. The second-order valence-corrected chi connectivity index (χ2v) is 5.88. The molecule has 114 valence electrons. The van der Waals surface area contributed by atoms with E-state index in [1.807, 2.05) is 0 Å². The van der Waals surface area contributed by atoms with Gasteiger partial charge < -0.3 is 20.6 Å². The molecule has 1 saturated heterocycles. The molecule has 1 heterocycles. The molecule has 1 aliphatic heterocycles. The van der Waals surface area contributed by atoms with E-state index >= 15 is 0 Å². The summed E-state index contributed by atoms with van der Waals surface area (Å²) < 4.78 is 0.486. The van der Waals surface area contributed by atoms with E-state index in [-0.39, 0.29) is 17.6 Å². The Kier molecular flexibility index (Phi) is 5.19. The summed E-state index contributed by atoms with van der Waals surface area (Å²) in [6, 6.07) is 4.72. The van der Waals surface area contributed by atoms with Crippen LogP contribution in [0.4, 0.5) is 10.5 Å². The second-order valence-electron chi connectivity index (χ2n) is 5.02. The number of nitrogens with zero attached hydrogens (tertiary/aromatic N) is 1. The molecule has 0 aromatic heterocycles. The third-order valence-corrected chi connectivity index (χ3v) is 4.32. The van der Waals surface area contributed by atoms with Crippen LogP contribution < -0.4 is 10.6 Å². The molecule has 0 unspecified atom stereocenters. The maximum Gasteiger partial charge on any atom is 0.336 e. The molecule has 0 radical (unpaired) electrons. The standard InChI is InChI=1S/C14H18BrN3O3/c1-18(10-4-6-16-7-5-10)14(21)17-9-2-3-12(15)11(8-9)13(19)20/h2-3,8,10,16H,4-7H2,1H3,(H,17,21)(H,19,20). The van der Waals surface area contributed by atoms with E-state index in [0.29, 0.717) is 10.2 Å². The van der Waals surface area contributed by atoms with Crippen molar-refractivity contribution in [2.24, 2.45) is 0 Å². The molecule has 1 aromatic rings. The topological polar surface area (TPSA) is 81.7 Å². The first-order valence-electron chi connectivity index (χ1n) is 6.76. The van der Waals surface area contributed by atoms with Crippen molar-refractivity contribution in [1.82, 2.24) is 10.2 Å². The molecular weight excluding hydrogens is 338 g/mol. The van der Waals surface area contributed by atoms with Gasteiger partial charge in [0, 0.05) is 23.2 Å². The van der Waals surface area contributed by atoms with Crippen molar-refractivity contribution in [1.29, 1.82) is 0 Å². The lowest BCUT2D eigenvalue weighted by molar-refractivity contribution is 0.0696. The zero-order valence-corrected chi connectivity index (χ0v) is 13.3. The molecule has 0 bridgehead atoms. The summed E-state index contributed by atoms with van der Waals surface area (Å²) in [6.45, 7) is 1.81. The summed E-state index contributed by atoms with van der Waals surface area (Å²) in [5.41, 5.74) is 0.596. The summed E-state index contributed by atoms with van der Waals surface area (Å²) in [5.74, 6) is -1.04. The normalized spacial score (nSPS) is 15.5. The number of urea groups is 1. The highest BCUT2D eigenvalue weighted by Gasteiger charge is 2.22. The molecule has 2 rings (SSSR count). The van der Waals surface area contributed by atoms with Gasteiger partial charge in [-0.3, -0.25) is 0 Å². The molecule has 0 saturated carbocycles. The number of halogens is 1. The van der Waals surface area contributed by atoms with Crippen LogP contribution in [0.15, 0.2) is 22.7 Å². The van der Waals surface area contributed by atoms with Gasteiger partial charge in [-0.1, -0.05) is 0 Å². The number of aromatic carboxylic acids is 1. The average Bonchev–Trinajstić information content (AvgIpc) is 2.49. The smallest absolute Gasteiger partial charge is 0.336 e. The first kappa shape index (κ1) is 15.8. The maximum atomic E-state index is 12.2. The number of piperidine rings is 1. The van der Waals surface area contributed by atoms with Crippen molar-refractivity contribution in [2.45, 2.75) is 18.9 Å². The number of hydrogen-bond acceptors (Lipinski definition) is 3. The van der Waals surface area contributed by atoms with E-state index in [1.54, 1.807) is 24.1 Å². The Morgan fingerprint density at radius 2 is 2.05 bits per heavy atom. The van der Waals surface area contributed by atoms with Gasteiger partial charge in [0.25, 0.3) is 0 Å². The highest BCUT2D eigenvalue weighted by molar-refractivity contribution is 9.10. The van der Waals surface area contributed by atoms with Crippen LogP contribution in [0.3, 0.4) is 0 Å². The van der Waals surface area contributed by atoms with Crippen LogP contribution in [-0.4, -0.2) is 48.2 Å². The Morgan fingerprint density at radius 3 is 2.67 bits per heavy atom. The van der Waals surface area contributed by atoms with Crippen molar-refractivity contribution in [3.63, 3.8) is 0 Å². The summed E-state index contributed by atoms with van der Waals surface area (Å²) >= 11 is 3.18. The number of carboxylic acid groups (broad SMARTS) is 1. The fourth-order valence-corrected chi connectivity index (χ4v) is 2.75. The number of carbonyl (C=O) groups is 2. The van der Waals surface area contributed by atoms with Crippen LogP contribution in [0.5, 0.6) is 0 Å². The zero-order valence-electron chi connectivity index (χ0n) is 11.7. The van der Waals surface area contributed by atoms with Gasteiger partial charge in [-0.25, -0.2) is 9.59 Å². The Morgan fingerprint density at radius 1 is 1.38 bits per heavy atom. The quantitative estimate of drug-likeness (QED) is 0.777. The fourth-order valence-electron chi connectivity index (χ4n) is 2.34. The van der Waals surface area contributed by atoms with Gasteiger partial charge >= 0.3 is 12.0 Å². The number of rotatable bonds is 3. The van der Waals surface area contributed by atoms with E-state index < -0.39 is 5.97 Å². The van der Waals surface area contributed by atoms with Gasteiger partial charge in [-0.15, -0.1) is 0 Å². The number of amides is 2. The van der Waals surface area contributed by atoms with Gasteiger partial charge in [0.1, 0.15) is 0 Å². The summed E-state index contributed by atoms with van der Waals surface area (Å²) in [6.07, 6.45) is 1.84. The minimum Gasteiger partial charge on any atom is -0.478 e. The molecule has 0 atom stereocenters. The zero-order chi connectivity index (χ0) is 15.4. The highest BCUT2D eigenvalue weighted by atomic mass is 79.9. The van der Waals surface area contributed by atoms with E-state index in [1.165, 1.54) is 6.07 Å². The lowest BCUT2D eigenvalue weighted by atomic mass is 10.1. The van der Waals surface area contributed by atoms with Gasteiger partial charge in [0.15, 0.2) is 0 Å². The van der Waals surface area contributed by atoms with E-state index in [4.69, 9.17) is 5.11 Å². The molecule has 0 spiro atoms. The Bertz CT molecular complexity index is 544.